The molecule has 12 aromatic rings. The number of fused-ring (bicyclic) bond motifs is 6. The van der Waals surface area contributed by atoms with Crippen molar-refractivity contribution in [3.8, 4) is 0 Å². The second-order valence-electron chi connectivity index (χ2n) is 21.7. The Kier molecular flexibility index (Phi) is 16.1. The first-order chi connectivity index (χ1) is 43.1. The number of aromatic nitrogens is 15. The molecule has 13 rings (SSSR count). The largest absolute Gasteiger partial charge is 0.350 e. The number of hydrogen-bond donors (Lipinski definition) is 4. The summed E-state index contributed by atoms with van der Waals surface area (Å²) in [5.41, 5.74) is 26.0. The van der Waals surface area contributed by atoms with Crippen LogP contribution in [0.15, 0.2) is 149 Å². The van der Waals surface area contributed by atoms with E-state index in [-0.39, 0.29) is 27.7 Å². The molecular weight excluding hydrogens is 1150 g/mol. The van der Waals surface area contributed by atoms with Gasteiger partial charge in [0.05, 0.1) is 44.5 Å². The fraction of sp³-hybridized carbons (Fsp3) is 0.213. The summed E-state index contributed by atoms with van der Waals surface area (Å²) in [6.07, 6.45) is 7.00. The molecule has 1 atom stereocenters. The van der Waals surface area contributed by atoms with Gasteiger partial charge in [0.15, 0.2) is 34.4 Å². The van der Waals surface area contributed by atoms with E-state index in [9.17, 15) is 18.8 Å². The van der Waals surface area contributed by atoms with Crippen molar-refractivity contribution in [3.63, 3.8) is 0 Å². The monoisotopic (exact) mass is 1210 g/mol. The van der Waals surface area contributed by atoms with Crippen LogP contribution >= 0.6 is 0 Å². The number of nitrogens with one attached hydrogen (secondary N) is 1. The number of carbonyl (C=O) groups is 3. The number of benzene rings is 3. The molecule has 29 heteroatoms. The Morgan fingerprint density at radius 2 is 1.13 bits per heavy atom. The standard InChI is InChI=1S/C21H20N8O.C21H22N8O.C19H16F2N8O/c1-13(26-28(2)20(22)30)16-7-8-18-24-25-19(29(18)27-16)21(9-10-21)15-5-6-17-14(12-15)4-3-11-23-17;1-13(26-28(4)20(22)30)16-9-10-18-24-25-19(29(18)27-16)21(2,3)15-7-8-17-14(12-15)6-5-11-23-17;1-9(16-12(20)8-14-11(17(16)21)4-3-7-23-14)18-26-25-15-6-5-13(28-29(15)18)10(2)24-27-19(22)30/h3-8,11-12H,9-10H2,1-2H3,(H2,22,30);5-12H,1-4H3,(H2,22,30);3-9H,1-2H3,(H3,22,27,30)/b2*26-13+;24-10+. The number of nitrogens with two attached hydrogens (primary N) is 3. The summed E-state index contributed by atoms with van der Waals surface area (Å²) in [6, 6.07) is 33.2. The Labute approximate surface area is 510 Å². The molecular formula is C61H58F2N24O3. The van der Waals surface area contributed by atoms with E-state index in [2.05, 4.69) is 121 Å². The normalized spacial score (nSPS) is 13.6. The number of amides is 6. The molecule has 90 heavy (non-hydrogen) atoms. The predicted octanol–water partition coefficient (Wildman–Crippen LogP) is 7.71. The molecule has 1 aliphatic rings. The summed E-state index contributed by atoms with van der Waals surface area (Å²) >= 11 is 0. The molecule has 1 unspecified atom stereocenters. The number of urea groups is 3. The van der Waals surface area contributed by atoms with Crippen molar-refractivity contribution in [1.29, 1.82) is 0 Å². The van der Waals surface area contributed by atoms with Gasteiger partial charge in [-0.15, -0.1) is 30.6 Å². The summed E-state index contributed by atoms with van der Waals surface area (Å²) in [4.78, 5) is 46.2. The minimum Gasteiger partial charge on any atom is -0.350 e. The molecule has 9 aromatic heterocycles. The van der Waals surface area contributed by atoms with Crippen molar-refractivity contribution in [2.75, 3.05) is 14.1 Å². The molecule has 9 heterocycles. The van der Waals surface area contributed by atoms with Crippen LogP contribution in [0.1, 0.15) is 112 Å². The van der Waals surface area contributed by atoms with E-state index in [0.29, 0.717) is 57.0 Å². The van der Waals surface area contributed by atoms with E-state index in [0.717, 1.165) is 56.1 Å². The molecule has 1 saturated carbocycles. The lowest BCUT2D eigenvalue weighted by Gasteiger charge is -2.23. The van der Waals surface area contributed by atoms with Crippen LogP contribution in [0, 0.1) is 11.6 Å². The van der Waals surface area contributed by atoms with Crippen molar-refractivity contribution < 1.29 is 23.2 Å². The fourth-order valence-corrected chi connectivity index (χ4v) is 10.2. The molecule has 27 nitrogen and oxygen atoms in total. The Bertz CT molecular complexity index is 4710. The third kappa shape index (κ3) is 11.8. The molecule has 0 saturated heterocycles. The summed E-state index contributed by atoms with van der Waals surface area (Å²) in [5.74, 6) is -0.501. The molecule has 0 bridgehead atoms. The summed E-state index contributed by atoms with van der Waals surface area (Å²) in [6.45, 7) is 10.9. The SMILES string of the molecule is C/C(=N\N(C)C(N)=O)c1ccc2nnc(C(C)(C)c3ccc4ncccc4c3)n2n1.C/C(=N\N(C)C(N)=O)c1ccc2nnc(C3(c4ccc5ncccc5c4)CC3)n2n1.C/C(=N\NC(N)=O)c1ccc2nnc(C(C)c3c(F)cc4ncccc4c3F)n2n1. The van der Waals surface area contributed by atoms with Gasteiger partial charge in [0.1, 0.15) is 28.7 Å². The highest BCUT2D eigenvalue weighted by Gasteiger charge is 2.50. The molecule has 454 valence electrons. The average Bonchev–Trinajstić information content (AvgIpc) is 1.56. The van der Waals surface area contributed by atoms with Crippen LogP contribution in [0.25, 0.3) is 49.7 Å². The smallest absolute Gasteiger partial charge is 0.334 e. The number of primary amides is 3. The van der Waals surface area contributed by atoms with Gasteiger partial charge >= 0.3 is 18.1 Å². The zero-order valence-electron chi connectivity index (χ0n) is 49.9. The Morgan fingerprint density at radius 3 is 1.74 bits per heavy atom. The number of hydrogen-bond acceptors (Lipinski definition) is 18. The molecule has 6 amide bonds. The number of carbonyl (C=O) groups excluding carboxylic acids is 3. The van der Waals surface area contributed by atoms with E-state index < -0.39 is 41.1 Å². The zero-order chi connectivity index (χ0) is 63.8. The highest BCUT2D eigenvalue weighted by molar-refractivity contribution is 5.99. The molecule has 7 N–H and O–H groups in total. The molecule has 0 radical (unpaired) electrons. The maximum atomic E-state index is 15.1. The van der Waals surface area contributed by atoms with Gasteiger partial charge in [0, 0.05) is 66.4 Å². The number of nitrogens with zero attached hydrogens (tertiary/aromatic N) is 20. The van der Waals surface area contributed by atoms with Crippen LogP contribution in [0.3, 0.4) is 0 Å². The third-order valence-corrected chi connectivity index (χ3v) is 15.4. The minimum absolute atomic E-state index is 0.155. The number of hydrazone groups is 3. The number of halogens is 2. The van der Waals surface area contributed by atoms with Gasteiger partial charge in [-0.2, -0.15) is 44.1 Å². The van der Waals surface area contributed by atoms with E-state index in [1.54, 1.807) is 73.4 Å². The summed E-state index contributed by atoms with van der Waals surface area (Å²) in [5, 5.41) is 56.1. The third-order valence-electron chi connectivity index (χ3n) is 15.4. The van der Waals surface area contributed by atoms with Crippen molar-refractivity contribution in [2.45, 2.75) is 71.1 Å². The lowest BCUT2D eigenvalue weighted by Crippen LogP contribution is -2.28. The second kappa shape index (κ2) is 24.2. The van der Waals surface area contributed by atoms with Gasteiger partial charge < -0.3 is 17.2 Å². The van der Waals surface area contributed by atoms with Gasteiger partial charge in [0.2, 0.25) is 0 Å². The molecule has 0 aliphatic heterocycles. The highest BCUT2D eigenvalue weighted by Crippen LogP contribution is 2.53. The average molecular weight is 1210 g/mol. The quantitative estimate of drug-likeness (QED) is 0.0672. The predicted molar refractivity (Wildman–Crippen MR) is 331 cm³/mol. The Hall–Kier alpha value is -11.8. The first kappa shape index (κ1) is 59.9. The van der Waals surface area contributed by atoms with Crippen LogP contribution < -0.4 is 22.6 Å². The van der Waals surface area contributed by atoms with Crippen molar-refractivity contribution in [3.05, 3.63) is 197 Å². The topological polar surface area (TPSA) is 353 Å². The first-order valence-electron chi connectivity index (χ1n) is 28.0. The van der Waals surface area contributed by atoms with Crippen LogP contribution in [0.5, 0.6) is 0 Å². The number of pyridine rings is 3. The highest BCUT2D eigenvalue weighted by atomic mass is 19.1. The van der Waals surface area contributed by atoms with Crippen molar-refractivity contribution in [2.24, 2.45) is 32.5 Å². The molecule has 1 aliphatic carbocycles. The molecule has 3 aromatic carbocycles. The maximum absolute atomic E-state index is 15.1. The number of rotatable bonds is 12. The lowest BCUT2D eigenvalue weighted by atomic mass is 9.83. The van der Waals surface area contributed by atoms with E-state index in [4.69, 9.17) is 22.3 Å². The summed E-state index contributed by atoms with van der Waals surface area (Å²) < 4.78 is 34.8. The van der Waals surface area contributed by atoms with Crippen LogP contribution in [0.4, 0.5) is 23.2 Å². The molecule has 0 spiro atoms. The van der Waals surface area contributed by atoms with Crippen molar-refractivity contribution in [1.82, 2.24) is 89.8 Å². The summed E-state index contributed by atoms with van der Waals surface area (Å²) in [7, 11) is 2.99. The van der Waals surface area contributed by atoms with Crippen LogP contribution in [-0.4, -0.2) is 134 Å². The van der Waals surface area contributed by atoms with E-state index in [1.165, 1.54) is 42.5 Å². The Balaban J connectivity index is 0.000000139. The van der Waals surface area contributed by atoms with Gasteiger partial charge in [0.25, 0.3) is 0 Å². The maximum Gasteiger partial charge on any atom is 0.334 e. The van der Waals surface area contributed by atoms with Gasteiger partial charge in [-0.3, -0.25) is 15.0 Å². The molecule has 1 fully saturated rings. The van der Waals surface area contributed by atoms with Gasteiger partial charge in [-0.05, 0) is 144 Å². The lowest BCUT2D eigenvalue weighted by molar-refractivity contribution is 0.219. The van der Waals surface area contributed by atoms with Crippen LogP contribution in [0.2, 0.25) is 0 Å². The van der Waals surface area contributed by atoms with Gasteiger partial charge in [-0.25, -0.2) is 38.6 Å². The Morgan fingerprint density at radius 1 is 0.611 bits per heavy atom. The van der Waals surface area contributed by atoms with Crippen molar-refractivity contribution >= 4 is 84.9 Å². The second-order valence-corrected chi connectivity index (χ2v) is 21.7. The first-order valence-corrected chi connectivity index (χ1v) is 28.0. The van der Waals surface area contributed by atoms with E-state index in [1.807, 2.05) is 48.5 Å². The minimum atomic E-state index is -0.814. The van der Waals surface area contributed by atoms with Crippen LogP contribution in [-0.2, 0) is 10.8 Å². The zero-order valence-corrected chi connectivity index (χ0v) is 49.9. The van der Waals surface area contributed by atoms with E-state index >= 15 is 4.39 Å². The fourth-order valence-electron chi connectivity index (χ4n) is 10.2. The van der Waals surface area contributed by atoms with Gasteiger partial charge in [-0.1, -0.05) is 31.2 Å².